The maximum Gasteiger partial charge on any atom is 0.00749 e. The lowest BCUT2D eigenvalue weighted by Gasteiger charge is -2.08. The Hall–Kier alpha value is -0.860. The number of rotatable bonds is 5. The molecule has 0 aromatic heterocycles. The first-order valence-corrected chi connectivity index (χ1v) is 8.84. The fourth-order valence-corrected chi connectivity index (χ4v) is 3.67. The van der Waals surface area contributed by atoms with Gasteiger partial charge in [0.1, 0.15) is 0 Å². The van der Waals surface area contributed by atoms with E-state index in [1.54, 1.807) is 0 Å². The third-order valence-electron chi connectivity index (χ3n) is 2.79. The Balaban J connectivity index is 2.11. The first-order valence-electron chi connectivity index (χ1n) is 7.08. The molecule has 0 aliphatic rings. The Labute approximate surface area is 131 Å². The molecule has 106 valence electrons. The van der Waals surface area contributed by atoms with Gasteiger partial charge in [-0.3, -0.25) is 0 Å². The third kappa shape index (κ3) is 4.60. The van der Waals surface area contributed by atoms with E-state index < -0.39 is 0 Å². The van der Waals surface area contributed by atoms with Crippen molar-refractivity contribution in [3.8, 4) is 11.1 Å². The van der Waals surface area contributed by atoms with Crippen LogP contribution in [0.2, 0.25) is 0 Å². The highest BCUT2D eigenvalue weighted by atomic mass is 32.2. The minimum atomic E-state index is 0.633. The lowest BCUT2D eigenvalue weighted by molar-refractivity contribution is 1.11. The molecule has 20 heavy (non-hydrogen) atoms. The van der Waals surface area contributed by atoms with Crippen LogP contribution in [0.1, 0.15) is 27.7 Å². The topological polar surface area (TPSA) is 0 Å². The second-order valence-electron chi connectivity index (χ2n) is 5.38. The molecule has 0 radical (unpaired) electrons. The third-order valence-corrected chi connectivity index (χ3v) is 4.82. The van der Waals surface area contributed by atoms with Crippen molar-refractivity contribution in [3.63, 3.8) is 0 Å². The van der Waals surface area contributed by atoms with Gasteiger partial charge in [-0.1, -0.05) is 52.0 Å². The Morgan fingerprint density at radius 1 is 0.550 bits per heavy atom. The fourth-order valence-electron chi connectivity index (χ4n) is 2.00. The van der Waals surface area contributed by atoms with Gasteiger partial charge in [0.25, 0.3) is 0 Å². The van der Waals surface area contributed by atoms with Gasteiger partial charge in [0, 0.05) is 20.3 Å². The van der Waals surface area contributed by atoms with Crippen LogP contribution < -0.4 is 0 Å². The van der Waals surface area contributed by atoms with Crippen LogP contribution in [0.25, 0.3) is 11.1 Å². The van der Waals surface area contributed by atoms with E-state index in [4.69, 9.17) is 0 Å². The molecule has 0 N–H and O–H groups in total. The average Bonchev–Trinajstić information content (AvgIpc) is 2.39. The maximum atomic E-state index is 2.23. The predicted molar refractivity (Wildman–Crippen MR) is 93.9 cm³/mol. The standard InChI is InChI=1S/C18H22S2/c1-13(2)19-17-9-5-15(6-10-17)16-7-11-18(12-8-16)20-14(3)4/h5-14H,1-4H3. The van der Waals surface area contributed by atoms with Crippen molar-refractivity contribution < 1.29 is 0 Å². The summed E-state index contributed by atoms with van der Waals surface area (Å²) in [5.41, 5.74) is 2.58. The lowest BCUT2D eigenvalue weighted by Crippen LogP contribution is -1.87. The van der Waals surface area contributed by atoms with Crippen LogP contribution in [0.15, 0.2) is 58.3 Å². The van der Waals surface area contributed by atoms with Crippen molar-refractivity contribution in [2.75, 3.05) is 0 Å². The number of hydrogen-bond acceptors (Lipinski definition) is 2. The van der Waals surface area contributed by atoms with E-state index in [0.29, 0.717) is 10.5 Å². The molecule has 2 aromatic carbocycles. The van der Waals surface area contributed by atoms with Crippen LogP contribution in [-0.2, 0) is 0 Å². The first kappa shape index (κ1) is 15.5. The zero-order chi connectivity index (χ0) is 14.5. The zero-order valence-corrected chi connectivity index (χ0v) is 14.2. The summed E-state index contributed by atoms with van der Waals surface area (Å²) in [6, 6.07) is 17.7. The second-order valence-corrected chi connectivity index (χ2v) is 8.68. The molecule has 0 unspecified atom stereocenters. The molecular weight excluding hydrogens is 280 g/mol. The van der Waals surface area contributed by atoms with E-state index in [0.717, 1.165) is 0 Å². The van der Waals surface area contributed by atoms with Gasteiger partial charge in [-0.25, -0.2) is 0 Å². The highest BCUT2D eigenvalue weighted by Crippen LogP contribution is 2.29. The number of benzene rings is 2. The van der Waals surface area contributed by atoms with Gasteiger partial charge in [-0.2, -0.15) is 0 Å². The van der Waals surface area contributed by atoms with Gasteiger partial charge < -0.3 is 0 Å². The second kappa shape index (κ2) is 7.24. The lowest BCUT2D eigenvalue weighted by atomic mass is 10.1. The van der Waals surface area contributed by atoms with Gasteiger partial charge in [0.15, 0.2) is 0 Å². The smallest absolute Gasteiger partial charge is 0.00749 e. The summed E-state index contributed by atoms with van der Waals surface area (Å²) in [6.07, 6.45) is 0. The molecule has 2 heteroatoms. The molecule has 2 rings (SSSR count). The van der Waals surface area contributed by atoms with Gasteiger partial charge in [0.05, 0.1) is 0 Å². The monoisotopic (exact) mass is 302 g/mol. The van der Waals surface area contributed by atoms with Gasteiger partial charge in [0.2, 0.25) is 0 Å². The van der Waals surface area contributed by atoms with Crippen LogP contribution in [0.4, 0.5) is 0 Å². The number of hydrogen-bond donors (Lipinski definition) is 0. The predicted octanol–water partition coefficient (Wildman–Crippen LogP) is 6.35. The van der Waals surface area contributed by atoms with E-state index in [1.807, 2.05) is 23.5 Å². The fraction of sp³-hybridized carbons (Fsp3) is 0.333. The van der Waals surface area contributed by atoms with Crippen molar-refractivity contribution >= 4 is 23.5 Å². The summed E-state index contributed by atoms with van der Waals surface area (Å²) >= 11 is 3.82. The summed E-state index contributed by atoms with van der Waals surface area (Å²) in [4.78, 5) is 2.69. The van der Waals surface area contributed by atoms with E-state index in [9.17, 15) is 0 Å². The minimum Gasteiger partial charge on any atom is -0.123 e. The van der Waals surface area contributed by atoms with Crippen molar-refractivity contribution in [2.24, 2.45) is 0 Å². The highest BCUT2D eigenvalue weighted by molar-refractivity contribution is 8.00. The van der Waals surface area contributed by atoms with Crippen molar-refractivity contribution in [2.45, 2.75) is 48.0 Å². The molecule has 0 heterocycles. The van der Waals surface area contributed by atoms with Gasteiger partial charge in [-0.05, 0) is 35.4 Å². The molecule has 0 spiro atoms. The molecule has 0 saturated carbocycles. The van der Waals surface area contributed by atoms with E-state index in [-0.39, 0.29) is 0 Å². The molecule has 0 aliphatic heterocycles. The van der Waals surface area contributed by atoms with Crippen LogP contribution in [0.3, 0.4) is 0 Å². The van der Waals surface area contributed by atoms with Crippen LogP contribution in [0.5, 0.6) is 0 Å². The van der Waals surface area contributed by atoms with Crippen LogP contribution >= 0.6 is 23.5 Å². The quantitative estimate of drug-likeness (QED) is 0.590. The summed E-state index contributed by atoms with van der Waals surface area (Å²) in [7, 11) is 0. The first-order chi connectivity index (χ1) is 9.54. The van der Waals surface area contributed by atoms with Crippen LogP contribution in [-0.4, -0.2) is 10.5 Å². The zero-order valence-electron chi connectivity index (χ0n) is 12.6. The molecule has 0 bridgehead atoms. The molecular formula is C18H22S2. The normalized spacial score (nSPS) is 11.3. The van der Waals surface area contributed by atoms with Gasteiger partial charge in [-0.15, -0.1) is 23.5 Å². The van der Waals surface area contributed by atoms with Gasteiger partial charge >= 0.3 is 0 Å². The average molecular weight is 303 g/mol. The Bertz CT molecular complexity index is 473. The van der Waals surface area contributed by atoms with E-state index in [2.05, 4.69) is 76.2 Å². The maximum absolute atomic E-state index is 2.23. The molecule has 0 fully saturated rings. The van der Waals surface area contributed by atoms with Crippen LogP contribution in [0, 0.1) is 0 Å². The van der Waals surface area contributed by atoms with Crippen molar-refractivity contribution in [1.29, 1.82) is 0 Å². The Morgan fingerprint density at radius 3 is 1.10 bits per heavy atom. The van der Waals surface area contributed by atoms with E-state index in [1.165, 1.54) is 20.9 Å². The Morgan fingerprint density at radius 2 is 0.850 bits per heavy atom. The summed E-state index contributed by atoms with van der Waals surface area (Å²) in [6.45, 7) is 8.90. The molecule has 2 aromatic rings. The largest absolute Gasteiger partial charge is 0.123 e. The number of thioether (sulfide) groups is 2. The van der Waals surface area contributed by atoms with Crippen molar-refractivity contribution in [3.05, 3.63) is 48.5 Å². The molecule has 0 nitrogen and oxygen atoms in total. The van der Waals surface area contributed by atoms with E-state index >= 15 is 0 Å². The Kier molecular flexibility index (Phi) is 5.62. The highest BCUT2D eigenvalue weighted by Gasteiger charge is 2.02. The SMILES string of the molecule is CC(C)Sc1ccc(-c2ccc(SC(C)C)cc2)cc1. The molecule has 0 aliphatic carbocycles. The summed E-state index contributed by atoms with van der Waals surface area (Å²) in [5.74, 6) is 0. The molecule has 0 atom stereocenters. The molecule has 0 amide bonds. The molecule has 0 saturated heterocycles. The van der Waals surface area contributed by atoms with Crippen molar-refractivity contribution in [1.82, 2.24) is 0 Å². The summed E-state index contributed by atoms with van der Waals surface area (Å²) in [5, 5.41) is 1.27. The summed E-state index contributed by atoms with van der Waals surface area (Å²) < 4.78 is 0. The minimum absolute atomic E-state index is 0.633.